The topological polar surface area (TPSA) is 80.9 Å². The van der Waals surface area contributed by atoms with Crippen LogP contribution in [0, 0.1) is 0 Å². The Morgan fingerprint density at radius 1 is 1.52 bits per heavy atom. The lowest BCUT2D eigenvalue weighted by atomic mass is 10.2. The summed E-state index contributed by atoms with van der Waals surface area (Å²) in [6.07, 6.45) is 1.55. The largest absolute Gasteiger partial charge is 0.320 e. The number of rotatable bonds is 7. The lowest BCUT2D eigenvalue weighted by Crippen LogP contribution is -2.35. The number of carbonyl (C=O) groups excluding carboxylic acids is 1. The average Bonchev–Trinajstić information content (AvgIpc) is 3.07. The van der Waals surface area contributed by atoms with Crippen LogP contribution < -0.4 is 11.1 Å². The second-order valence-corrected chi connectivity index (χ2v) is 7.36. The highest BCUT2D eigenvalue weighted by Crippen LogP contribution is 2.29. The predicted molar refractivity (Wildman–Crippen MR) is 92.6 cm³/mol. The summed E-state index contributed by atoms with van der Waals surface area (Å²) in [5, 5.41) is 13.3. The molecular formula is C12H17ClN4OS3. The normalized spacial score (nSPS) is 11.7. The van der Waals surface area contributed by atoms with Crippen molar-refractivity contribution in [3.8, 4) is 0 Å². The average molecular weight is 365 g/mol. The first kappa shape index (κ1) is 18.4. The molecule has 1 atom stereocenters. The molecule has 5 nitrogen and oxygen atoms in total. The van der Waals surface area contributed by atoms with Gasteiger partial charge in [-0.2, -0.15) is 0 Å². The number of carbonyl (C=O) groups is 1. The van der Waals surface area contributed by atoms with Crippen LogP contribution in [0.3, 0.4) is 0 Å². The molecule has 9 heteroatoms. The van der Waals surface area contributed by atoms with Gasteiger partial charge < -0.3 is 5.73 Å². The van der Waals surface area contributed by atoms with Gasteiger partial charge in [0.1, 0.15) is 0 Å². The van der Waals surface area contributed by atoms with Crippen molar-refractivity contribution in [3.63, 3.8) is 0 Å². The zero-order valence-electron chi connectivity index (χ0n) is 11.4. The van der Waals surface area contributed by atoms with Crippen molar-refractivity contribution in [3.05, 3.63) is 22.4 Å². The molecule has 0 aliphatic heterocycles. The second-order valence-electron chi connectivity index (χ2n) is 4.13. The molecule has 0 spiro atoms. The van der Waals surface area contributed by atoms with Crippen LogP contribution in [0.2, 0.25) is 0 Å². The first-order valence-corrected chi connectivity index (χ1v) is 8.92. The van der Waals surface area contributed by atoms with Crippen LogP contribution >= 0.6 is 46.8 Å². The van der Waals surface area contributed by atoms with E-state index in [0.29, 0.717) is 11.6 Å². The monoisotopic (exact) mass is 364 g/mol. The standard InChI is InChI=1S/C12H16N4OS3.ClH/c1-2-4-9(13)10(17)14-11-15-16-12(20-11)19-7-8-5-3-6-18-8;/h3,5-6,9H,2,4,7,13H2,1H3,(H,14,15,17);1H. The molecule has 0 saturated heterocycles. The van der Waals surface area contributed by atoms with E-state index in [0.717, 1.165) is 16.5 Å². The van der Waals surface area contributed by atoms with Crippen molar-refractivity contribution >= 4 is 57.9 Å². The van der Waals surface area contributed by atoms with E-state index >= 15 is 0 Å². The van der Waals surface area contributed by atoms with Gasteiger partial charge in [-0.1, -0.05) is 42.5 Å². The number of thiophene rings is 1. The Balaban J connectivity index is 0.00000220. The summed E-state index contributed by atoms with van der Waals surface area (Å²) >= 11 is 4.71. The summed E-state index contributed by atoms with van der Waals surface area (Å²) in [7, 11) is 0. The summed E-state index contributed by atoms with van der Waals surface area (Å²) in [5.41, 5.74) is 5.75. The first-order valence-electron chi connectivity index (χ1n) is 6.24. The van der Waals surface area contributed by atoms with Gasteiger partial charge in [0.15, 0.2) is 4.34 Å². The molecule has 2 heterocycles. The van der Waals surface area contributed by atoms with Gasteiger partial charge in [0, 0.05) is 10.6 Å². The number of hydrogen-bond acceptors (Lipinski definition) is 7. The Bertz CT molecular complexity index is 546. The Morgan fingerprint density at radius 2 is 2.33 bits per heavy atom. The van der Waals surface area contributed by atoms with Gasteiger partial charge in [0.25, 0.3) is 0 Å². The van der Waals surface area contributed by atoms with Crippen LogP contribution in [-0.4, -0.2) is 22.1 Å². The molecule has 0 bridgehead atoms. The van der Waals surface area contributed by atoms with Crippen LogP contribution in [0.1, 0.15) is 24.6 Å². The quantitative estimate of drug-likeness (QED) is 0.581. The van der Waals surface area contributed by atoms with Crippen molar-refractivity contribution in [2.45, 2.75) is 35.9 Å². The molecule has 1 amide bonds. The van der Waals surface area contributed by atoms with Crippen LogP contribution in [0.5, 0.6) is 0 Å². The summed E-state index contributed by atoms with van der Waals surface area (Å²) in [4.78, 5) is 13.0. The molecule has 3 N–H and O–H groups in total. The fraction of sp³-hybridized carbons (Fsp3) is 0.417. The number of hydrogen-bond donors (Lipinski definition) is 2. The number of anilines is 1. The summed E-state index contributed by atoms with van der Waals surface area (Å²) in [6.45, 7) is 2.00. The Morgan fingerprint density at radius 3 is 3.00 bits per heavy atom. The van der Waals surface area contributed by atoms with E-state index in [-0.39, 0.29) is 18.3 Å². The van der Waals surface area contributed by atoms with Gasteiger partial charge in [0.2, 0.25) is 11.0 Å². The first-order chi connectivity index (χ1) is 9.69. The minimum atomic E-state index is -0.480. The van der Waals surface area contributed by atoms with Crippen LogP contribution in [0.15, 0.2) is 21.9 Å². The van der Waals surface area contributed by atoms with E-state index in [1.807, 2.05) is 13.0 Å². The number of amides is 1. The van der Waals surface area contributed by atoms with E-state index in [9.17, 15) is 4.79 Å². The van der Waals surface area contributed by atoms with Crippen molar-refractivity contribution in [1.29, 1.82) is 0 Å². The molecule has 2 aromatic heterocycles. The number of nitrogens with zero attached hydrogens (tertiary/aromatic N) is 2. The molecule has 0 aromatic carbocycles. The van der Waals surface area contributed by atoms with E-state index < -0.39 is 6.04 Å². The highest BCUT2D eigenvalue weighted by Gasteiger charge is 2.15. The van der Waals surface area contributed by atoms with Gasteiger partial charge in [0.05, 0.1) is 6.04 Å². The minimum Gasteiger partial charge on any atom is -0.320 e. The van der Waals surface area contributed by atoms with E-state index in [2.05, 4.69) is 27.0 Å². The fourth-order valence-electron chi connectivity index (χ4n) is 1.49. The number of nitrogens with one attached hydrogen (secondary N) is 1. The lowest BCUT2D eigenvalue weighted by molar-refractivity contribution is -0.117. The second kappa shape index (κ2) is 9.37. The van der Waals surface area contributed by atoms with Gasteiger partial charge in [-0.25, -0.2) is 0 Å². The Labute approximate surface area is 142 Å². The molecule has 0 radical (unpaired) electrons. The maximum atomic E-state index is 11.8. The summed E-state index contributed by atoms with van der Waals surface area (Å²) in [5.74, 6) is 0.674. The molecule has 0 saturated carbocycles. The van der Waals surface area contributed by atoms with E-state index in [1.165, 1.54) is 16.2 Å². The number of nitrogens with two attached hydrogens (primary N) is 1. The number of thioether (sulfide) groups is 1. The summed E-state index contributed by atoms with van der Waals surface area (Å²) in [6, 6.07) is 3.64. The highest BCUT2D eigenvalue weighted by molar-refractivity contribution is 8.00. The molecule has 21 heavy (non-hydrogen) atoms. The third-order valence-corrected chi connectivity index (χ3v) is 5.57. The molecule has 116 valence electrons. The highest BCUT2D eigenvalue weighted by atomic mass is 35.5. The maximum absolute atomic E-state index is 11.8. The molecule has 0 aliphatic rings. The predicted octanol–water partition coefficient (Wildman–Crippen LogP) is 3.38. The molecule has 2 rings (SSSR count). The Hall–Kier alpha value is -0.670. The molecular weight excluding hydrogens is 348 g/mol. The van der Waals surface area contributed by atoms with Crippen molar-refractivity contribution in [2.24, 2.45) is 5.73 Å². The van der Waals surface area contributed by atoms with Crippen molar-refractivity contribution in [2.75, 3.05) is 5.32 Å². The molecule has 0 fully saturated rings. The molecule has 1 unspecified atom stereocenters. The number of halogens is 1. The fourth-order valence-corrected chi connectivity index (χ4v) is 4.01. The molecule has 0 aliphatic carbocycles. The maximum Gasteiger partial charge on any atom is 0.243 e. The smallest absolute Gasteiger partial charge is 0.243 e. The van der Waals surface area contributed by atoms with Crippen LogP contribution in [-0.2, 0) is 10.5 Å². The van der Waals surface area contributed by atoms with Gasteiger partial charge in [-0.15, -0.1) is 33.9 Å². The zero-order chi connectivity index (χ0) is 14.4. The van der Waals surface area contributed by atoms with Gasteiger partial charge >= 0.3 is 0 Å². The zero-order valence-corrected chi connectivity index (χ0v) is 14.7. The number of aromatic nitrogens is 2. The molecule has 2 aromatic rings. The van der Waals surface area contributed by atoms with Gasteiger partial charge in [-0.3, -0.25) is 10.1 Å². The lowest BCUT2D eigenvalue weighted by Gasteiger charge is -2.08. The van der Waals surface area contributed by atoms with Crippen molar-refractivity contribution in [1.82, 2.24) is 10.2 Å². The van der Waals surface area contributed by atoms with Crippen LogP contribution in [0.25, 0.3) is 0 Å². The van der Waals surface area contributed by atoms with E-state index in [1.54, 1.807) is 23.1 Å². The van der Waals surface area contributed by atoms with Crippen molar-refractivity contribution < 1.29 is 4.79 Å². The van der Waals surface area contributed by atoms with Crippen LogP contribution in [0.4, 0.5) is 5.13 Å². The minimum absolute atomic E-state index is 0. The van der Waals surface area contributed by atoms with Gasteiger partial charge in [-0.05, 0) is 17.9 Å². The Kier molecular flexibility index (Phi) is 8.20. The third kappa shape index (κ3) is 5.91. The summed E-state index contributed by atoms with van der Waals surface area (Å²) < 4.78 is 0.845. The SMILES string of the molecule is CCCC(N)C(=O)Nc1nnc(SCc2cccs2)s1.Cl. The van der Waals surface area contributed by atoms with E-state index in [4.69, 9.17) is 5.73 Å². The third-order valence-electron chi connectivity index (χ3n) is 2.49.